The molecule has 1 heterocycles. The molecule has 166 valence electrons. The van der Waals surface area contributed by atoms with Crippen molar-refractivity contribution in [2.45, 2.75) is 26.7 Å². The third kappa shape index (κ3) is 5.78. The number of ether oxygens (including phenoxy) is 4. The van der Waals surface area contributed by atoms with Crippen molar-refractivity contribution in [2.24, 2.45) is 0 Å². The summed E-state index contributed by atoms with van der Waals surface area (Å²) in [4.78, 5) is 23.2. The molecule has 7 heteroatoms. The van der Waals surface area contributed by atoms with E-state index in [9.17, 15) is 9.59 Å². The number of rotatable bonds is 8. The highest BCUT2D eigenvalue weighted by atomic mass is 16.5. The van der Waals surface area contributed by atoms with Crippen LogP contribution in [-0.4, -0.2) is 34.2 Å². The average molecular weight is 428 g/mol. The molecule has 0 N–H and O–H groups in total. The molecule has 31 heavy (non-hydrogen) atoms. The topological polar surface area (TPSA) is 84.2 Å². The minimum atomic E-state index is -0.264. The first-order chi connectivity index (χ1) is 15.0. The third-order valence-electron chi connectivity index (χ3n) is 4.47. The number of carbonyl (C=O) groups is 1. The summed E-state index contributed by atoms with van der Waals surface area (Å²) >= 11 is 0. The van der Waals surface area contributed by atoms with E-state index in [1.54, 1.807) is 37.4 Å². The number of hydrogen-bond donors (Lipinski definition) is 0. The zero-order valence-electron chi connectivity index (χ0n) is 18.5. The van der Waals surface area contributed by atoms with Gasteiger partial charge in [0.15, 0.2) is 23.2 Å². The van der Waals surface area contributed by atoms with Crippen LogP contribution in [-0.2, 0) is 4.79 Å². The molecule has 0 fully saturated rings. The lowest BCUT2D eigenvalue weighted by molar-refractivity contribution is -0.109. The van der Waals surface area contributed by atoms with E-state index in [1.807, 2.05) is 0 Å². The van der Waals surface area contributed by atoms with Crippen LogP contribution in [0, 0.1) is 0 Å². The number of fused-ring (bicyclic) bond motifs is 1. The highest BCUT2D eigenvalue weighted by Gasteiger charge is 2.15. The first-order valence-corrected chi connectivity index (χ1v) is 9.97. The number of hydrogen-bond acceptors (Lipinski definition) is 7. The molecule has 0 bridgehead atoms. The van der Waals surface area contributed by atoms with Gasteiger partial charge < -0.3 is 23.4 Å². The second kappa shape index (κ2) is 11.6. The van der Waals surface area contributed by atoms with E-state index in [2.05, 4.69) is 13.8 Å². The van der Waals surface area contributed by atoms with Crippen LogP contribution in [0.3, 0.4) is 0 Å². The Bertz CT molecular complexity index is 1070. The van der Waals surface area contributed by atoms with Gasteiger partial charge in [0.1, 0.15) is 34.8 Å². The molecule has 0 atom stereocenters. The smallest absolute Gasteiger partial charge is 0.197 e. The molecule has 0 saturated carbocycles. The average Bonchev–Trinajstić information content (AvgIpc) is 2.81. The van der Waals surface area contributed by atoms with Crippen molar-refractivity contribution >= 4 is 17.3 Å². The molecule has 3 aromatic rings. The molecule has 0 aliphatic rings. The van der Waals surface area contributed by atoms with Crippen molar-refractivity contribution in [3.63, 3.8) is 0 Å². The molecule has 0 radical (unpaired) electrons. The molecule has 3 rings (SSSR count). The van der Waals surface area contributed by atoms with Gasteiger partial charge in [-0.2, -0.15) is 0 Å². The zero-order valence-corrected chi connectivity index (χ0v) is 18.5. The maximum atomic E-state index is 12.7. The monoisotopic (exact) mass is 428 g/mol. The van der Waals surface area contributed by atoms with E-state index in [4.69, 9.17) is 23.4 Å². The van der Waals surface area contributed by atoms with Gasteiger partial charge in [0, 0.05) is 23.8 Å². The van der Waals surface area contributed by atoms with Crippen LogP contribution in [0.25, 0.3) is 22.3 Å². The van der Waals surface area contributed by atoms with E-state index < -0.39 is 0 Å². The zero-order chi connectivity index (χ0) is 22.8. The maximum Gasteiger partial charge on any atom is 0.197 e. The number of methoxy groups -OCH3 is 3. The fraction of sp³-hybridized carbons (Fsp3) is 0.333. The van der Waals surface area contributed by atoms with Crippen LogP contribution in [0.5, 0.6) is 23.0 Å². The second-order valence-corrected chi connectivity index (χ2v) is 6.52. The fourth-order valence-corrected chi connectivity index (χ4v) is 2.73. The highest BCUT2D eigenvalue weighted by Crippen LogP contribution is 2.35. The first kappa shape index (κ1) is 23.8. The second-order valence-electron chi connectivity index (χ2n) is 6.52. The fourth-order valence-electron chi connectivity index (χ4n) is 2.73. The molecule has 1 aromatic heterocycles. The van der Waals surface area contributed by atoms with E-state index in [0.717, 1.165) is 0 Å². The summed E-state index contributed by atoms with van der Waals surface area (Å²) in [6.45, 7) is 4.24. The lowest BCUT2D eigenvalue weighted by Crippen LogP contribution is -2.04. The number of unbranched alkanes of at least 4 members (excludes halogenated alkanes) is 1. The van der Waals surface area contributed by atoms with Crippen molar-refractivity contribution in [2.75, 3.05) is 27.9 Å². The minimum Gasteiger partial charge on any atom is -0.496 e. The van der Waals surface area contributed by atoms with E-state index in [0.29, 0.717) is 46.0 Å². The van der Waals surface area contributed by atoms with Crippen LogP contribution < -0.4 is 24.4 Å². The van der Waals surface area contributed by atoms with E-state index in [-0.39, 0.29) is 17.6 Å². The van der Waals surface area contributed by atoms with Crippen molar-refractivity contribution in [1.29, 1.82) is 0 Å². The normalized spacial score (nSPS) is 10.1. The summed E-state index contributed by atoms with van der Waals surface area (Å²) in [7, 11) is 4.51. The molecule has 0 aliphatic heterocycles. The molecule has 0 amide bonds. The quantitative estimate of drug-likeness (QED) is 0.473. The Morgan fingerprint density at radius 1 is 0.871 bits per heavy atom. The van der Waals surface area contributed by atoms with Crippen LogP contribution in [0.4, 0.5) is 0 Å². The molecular weight excluding hydrogens is 400 g/mol. The lowest BCUT2D eigenvalue weighted by Gasteiger charge is -2.11. The Labute approximate surface area is 181 Å². The Hall–Kier alpha value is -3.48. The Kier molecular flexibility index (Phi) is 8.94. The van der Waals surface area contributed by atoms with Crippen LogP contribution in [0.15, 0.2) is 45.6 Å². The molecule has 7 nitrogen and oxygen atoms in total. The van der Waals surface area contributed by atoms with E-state index >= 15 is 0 Å². The van der Waals surface area contributed by atoms with Crippen molar-refractivity contribution in [3.8, 4) is 34.3 Å². The van der Waals surface area contributed by atoms with Gasteiger partial charge in [-0.15, -0.1) is 0 Å². The highest BCUT2D eigenvalue weighted by molar-refractivity contribution is 5.86. The van der Waals surface area contributed by atoms with Crippen LogP contribution in [0.2, 0.25) is 0 Å². The van der Waals surface area contributed by atoms with Crippen molar-refractivity contribution in [3.05, 3.63) is 46.6 Å². The first-order valence-electron chi connectivity index (χ1n) is 9.97. The predicted octanol–water partition coefficient (Wildman–Crippen LogP) is 4.87. The Morgan fingerprint density at radius 2 is 1.55 bits per heavy atom. The summed E-state index contributed by atoms with van der Waals surface area (Å²) < 4.78 is 27.0. The molecule has 0 saturated heterocycles. The van der Waals surface area contributed by atoms with Gasteiger partial charge in [-0.05, 0) is 18.2 Å². The predicted molar refractivity (Wildman–Crippen MR) is 120 cm³/mol. The summed E-state index contributed by atoms with van der Waals surface area (Å²) in [6, 6.07) is 9.68. The van der Waals surface area contributed by atoms with Crippen LogP contribution >= 0.6 is 0 Å². The molecule has 0 aliphatic carbocycles. The van der Waals surface area contributed by atoms with E-state index in [1.165, 1.54) is 33.1 Å². The molecule has 0 spiro atoms. The number of carbonyl (C=O) groups excluding carboxylic acids is 1. The van der Waals surface area contributed by atoms with Crippen LogP contribution in [0.1, 0.15) is 26.7 Å². The number of benzene rings is 2. The number of aldehydes is 1. The summed E-state index contributed by atoms with van der Waals surface area (Å²) in [5, 5.41) is 0.292. The van der Waals surface area contributed by atoms with Gasteiger partial charge in [-0.3, -0.25) is 9.59 Å². The van der Waals surface area contributed by atoms with Gasteiger partial charge in [0.2, 0.25) is 0 Å². The van der Waals surface area contributed by atoms with Gasteiger partial charge in [-0.25, -0.2) is 0 Å². The largest absolute Gasteiger partial charge is 0.496 e. The molecule has 2 aromatic carbocycles. The maximum absolute atomic E-state index is 12.7. The Morgan fingerprint density at radius 3 is 2.13 bits per heavy atom. The van der Waals surface area contributed by atoms with Gasteiger partial charge >= 0.3 is 0 Å². The van der Waals surface area contributed by atoms with Crippen molar-refractivity contribution in [1.82, 2.24) is 0 Å². The van der Waals surface area contributed by atoms with Gasteiger partial charge in [0.25, 0.3) is 0 Å². The van der Waals surface area contributed by atoms with Gasteiger partial charge in [0.05, 0.1) is 21.3 Å². The lowest BCUT2D eigenvalue weighted by atomic mass is 10.1. The standard InChI is InChI=1S/C20H18O7.C4H10/c1-23-15-5-4-12(8-17(15)24-2)16-11-14(22)20-18(25-3)9-13(26-7-6-21)10-19(20)27-16;1-3-4-2/h4-6,8-11H,7H2,1-3H3;3-4H2,1-2H3. The minimum absolute atomic E-state index is 0.117. The van der Waals surface area contributed by atoms with Crippen molar-refractivity contribution < 1.29 is 28.2 Å². The molecule has 0 unspecified atom stereocenters. The third-order valence-corrected chi connectivity index (χ3v) is 4.47. The SMILES string of the molecule is CCCC.COc1ccc(-c2cc(=O)c3c(OC)cc(OCC=O)cc3o2)cc1OC. The summed E-state index contributed by atoms with van der Waals surface area (Å²) in [6.07, 6.45) is 3.27. The summed E-state index contributed by atoms with van der Waals surface area (Å²) in [5.74, 6) is 2.09. The molecular formula is C24H28O7. The summed E-state index contributed by atoms with van der Waals surface area (Å²) in [5.41, 5.74) is 0.664. The Balaban J connectivity index is 0.000000785. The van der Waals surface area contributed by atoms with Gasteiger partial charge in [-0.1, -0.05) is 26.7 Å².